The van der Waals surface area contributed by atoms with Crippen molar-refractivity contribution in [2.75, 3.05) is 0 Å². The van der Waals surface area contributed by atoms with Gasteiger partial charge in [0.15, 0.2) is 5.82 Å². The zero-order valence-corrected chi connectivity index (χ0v) is 10.5. The molecule has 0 spiro atoms. The molecular weight excluding hydrogens is 303 g/mol. The van der Waals surface area contributed by atoms with Crippen molar-refractivity contribution in [2.45, 2.75) is 13.5 Å². The van der Waals surface area contributed by atoms with Crippen molar-refractivity contribution in [3.63, 3.8) is 0 Å². The molecule has 0 bridgehead atoms. The molecule has 0 fully saturated rings. The first kappa shape index (κ1) is 10.6. The summed E-state index contributed by atoms with van der Waals surface area (Å²) in [4.78, 5) is 4.44. The van der Waals surface area contributed by atoms with Crippen molar-refractivity contribution in [3.8, 4) is 5.82 Å². The fraction of sp³-hybridized carbons (Fsp3) is 0.200. The molecule has 0 atom stereocenters. The average Bonchev–Trinajstić information content (AvgIpc) is 2.65. The summed E-state index contributed by atoms with van der Waals surface area (Å²) in [7, 11) is 0. The van der Waals surface area contributed by atoms with Crippen LogP contribution in [-0.2, 0) is 6.54 Å². The Kier molecular flexibility index (Phi) is 3.01. The summed E-state index contributed by atoms with van der Waals surface area (Å²) in [5.41, 5.74) is 7.61. The standard InChI is InChI=1S/C10H11IN4/c1-7-8(4-12)2-3-10(14-7)15-6-9(11)5-13-15/h2-3,5-6H,4,12H2,1H3. The van der Waals surface area contributed by atoms with Crippen LogP contribution in [0.15, 0.2) is 24.5 Å². The summed E-state index contributed by atoms with van der Waals surface area (Å²) in [6, 6.07) is 3.92. The number of hydrogen-bond acceptors (Lipinski definition) is 3. The van der Waals surface area contributed by atoms with Gasteiger partial charge in [0.05, 0.1) is 9.77 Å². The van der Waals surface area contributed by atoms with Gasteiger partial charge in [-0.2, -0.15) is 5.10 Å². The number of nitrogens with zero attached hydrogens (tertiary/aromatic N) is 3. The van der Waals surface area contributed by atoms with E-state index in [9.17, 15) is 0 Å². The van der Waals surface area contributed by atoms with Gasteiger partial charge in [0, 0.05) is 18.4 Å². The fourth-order valence-corrected chi connectivity index (χ4v) is 1.73. The molecule has 0 saturated carbocycles. The lowest BCUT2D eigenvalue weighted by atomic mass is 10.2. The van der Waals surface area contributed by atoms with Gasteiger partial charge >= 0.3 is 0 Å². The second-order valence-electron chi connectivity index (χ2n) is 3.22. The van der Waals surface area contributed by atoms with E-state index in [0.29, 0.717) is 6.54 Å². The third-order valence-corrected chi connectivity index (χ3v) is 2.74. The summed E-state index contributed by atoms with van der Waals surface area (Å²) in [6.07, 6.45) is 3.73. The molecule has 0 unspecified atom stereocenters. The highest BCUT2D eigenvalue weighted by Crippen LogP contribution is 2.11. The zero-order valence-electron chi connectivity index (χ0n) is 8.31. The molecule has 0 amide bonds. The Morgan fingerprint density at radius 2 is 2.27 bits per heavy atom. The molecule has 4 nitrogen and oxygen atoms in total. The van der Waals surface area contributed by atoms with Gasteiger partial charge in [-0.25, -0.2) is 9.67 Å². The van der Waals surface area contributed by atoms with Crippen molar-refractivity contribution >= 4 is 22.6 Å². The van der Waals surface area contributed by atoms with Crippen LogP contribution in [0.4, 0.5) is 0 Å². The van der Waals surface area contributed by atoms with Crippen LogP contribution in [-0.4, -0.2) is 14.8 Å². The van der Waals surface area contributed by atoms with E-state index in [4.69, 9.17) is 5.73 Å². The van der Waals surface area contributed by atoms with Crippen LogP contribution in [0.2, 0.25) is 0 Å². The highest BCUT2D eigenvalue weighted by atomic mass is 127. The van der Waals surface area contributed by atoms with E-state index in [-0.39, 0.29) is 0 Å². The normalized spacial score (nSPS) is 10.6. The third kappa shape index (κ3) is 2.18. The Bertz CT molecular complexity index is 478. The van der Waals surface area contributed by atoms with Crippen LogP contribution in [0.1, 0.15) is 11.3 Å². The molecule has 0 aliphatic carbocycles. The molecule has 0 aliphatic heterocycles. The molecule has 15 heavy (non-hydrogen) atoms. The molecule has 0 saturated heterocycles. The molecule has 2 N–H and O–H groups in total. The Balaban J connectivity index is 2.42. The number of hydrogen-bond donors (Lipinski definition) is 1. The number of nitrogens with two attached hydrogens (primary N) is 1. The van der Waals surface area contributed by atoms with Crippen molar-refractivity contribution < 1.29 is 0 Å². The Morgan fingerprint density at radius 1 is 1.47 bits per heavy atom. The van der Waals surface area contributed by atoms with Gasteiger partial charge in [0.1, 0.15) is 0 Å². The third-order valence-electron chi connectivity index (χ3n) is 2.19. The molecule has 5 heteroatoms. The topological polar surface area (TPSA) is 56.7 Å². The molecule has 0 aromatic carbocycles. The molecule has 0 radical (unpaired) electrons. The van der Waals surface area contributed by atoms with Crippen LogP contribution >= 0.6 is 22.6 Å². The summed E-state index contributed by atoms with van der Waals surface area (Å²) < 4.78 is 2.85. The second kappa shape index (κ2) is 4.28. The molecule has 0 aliphatic rings. The van der Waals surface area contributed by atoms with Gasteiger partial charge in [-0.3, -0.25) is 0 Å². The van der Waals surface area contributed by atoms with Gasteiger partial charge in [-0.05, 0) is 41.1 Å². The van der Waals surface area contributed by atoms with E-state index in [1.54, 1.807) is 10.9 Å². The maximum Gasteiger partial charge on any atom is 0.153 e. The van der Waals surface area contributed by atoms with Gasteiger partial charge in [-0.1, -0.05) is 6.07 Å². The lowest BCUT2D eigenvalue weighted by Gasteiger charge is -2.05. The number of aryl methyl sites for hydroxylation is 1. The maximum absolute atomic E-state index is 5.58. The van der Waals surface area contributed by atoms with Crippen LogP contribution in [0, 0.1) is 10.5 Å². The van der Waals surface area contributed by atoms with E-state index in [2.05, 4.69) is 32.7 Å². The Hall–Kier alpha value is -0.950. The highest BCUT2D eigenvalue weighted by Gasteiger charge is 2.03. The van der Waals surface area contributed by atoms with Crippen molar-refractivity contribution in [1.29, 1.82) is 0 Å². The van der Waals surface area contributed by atoms with Crippen molar-refractivity contribution in [2.24, 2.45) is 5.73 Å². The molecule has 2 aromatic heterocycles. The first-order valence-corrected chi connectivity index (χ1v) is 5.65. The predicted molar refractivity (Wildman–Crippen MR) is 66.7 cm³/mol. The number of rotatable bonds is 2. The van der Waals surface area contributed by atoms with Gasteiger partial charge in [0.25, 0.3) is 0 Å². The monoisotopic (exact) mass is 314 g/mol. The van der Waals surface area contributed by atoms with Gasteiger partial charge in [-0.15, -0.1) is 0 Å². The first-order chi connectivity index (χ1) is 7.20. The van der Waals surface area contributed by atoms with Crippen LogP contribution in [0.25, 0.3) is 5.82 Å². The fourth-order valence-electron chi connectivity index (χ4n) is 1.35. The summed E-state index contributed by atoms with van der Waals surface area (Å²) in [5, 5.41) is 4.20. The lowest BCUT2D eigenvalue weighted by molar-refractivity contribution is 0.833. The predicted octanol–water partition coefficient (Wildman–Crippen LogP) is 1.64. The highest BCUT2D eigenvalue weighted by molar-refractivity contribution is 14.1. The van der Waals surface area contributed by atoms with E-state index >= 15 is 0 Å². The van der Waals surface area contributed by atoms with Crippen LogP contribution in [0.5, 0.6) is 0 Å². The average molecular weight is 314 g/mol. The molecular formula is C10H11IN4. The van der Waals surface area contributed by atoms with E-state index in [1.165, 1.54) is 0 Å². The Labute approximate surface area is 102 Å². The van der Waals surface area contributed by atoms with E-state index in [1.807, 2.05) is 25.3 Å². The van der Waals surface area contributed by atoms with Gasteiger partial charge in [0.2, 0.25) is 0 Å². The van der Waals surface area contributed by atoms with E-state index in [0.717, 1.165) is 20.6 Å². The van der Waals surface area contributed by atoms with Crippen LogP contribution < -0.4 is 5.73 Å². The number of aromatic nitrogens is 3. The summed E-state index contributed by atoms with van der Waals surface area (Å²) >= 11 is 2.22. The SMILES string of the molecule is Cc1nc(-n2cc(I)cn2)ccc1CN. The zero-order chi connectivity index (χ0) is 10.8. The first-order valence-electron chi connectivity index (χ1n) is 4.58. The minimum absolute atomic E-state index is 0.524. The van der Waals surface area contributed by atoms with Crippen molar-refractivity contribution in [3.05, 3.63) is 39.4 Å². The lowest BCUT2D eigenvalue weighted by Crippen LogP contribution is -2.04. The number of pyridine rings is 1. The molecule has 2 rings (SSSR count). The molecule has 2 heterocycles. The van der Waals surface area contributed by atoms with E-state index < -0.39 is 0 Å². The Morgan fingerprint density at radius 3 is 2.80 bits per heavy atom. The second-order valence-corrected chi connectivity index (χ2v) is 4.47. The number of halogens is 1. The molecule has 2 aromatic rings. The minimum Gasteiger partial charge on any atom is -0.326 e. The summed E-state index contributed by atoms with van der Waals surface area (Å²) in [5.74, 6) is 0.826. The van der Waals surface area contributed by atoms with Crippen LogP contribution in [0.3, 0.4) is 0 Å². The van der Waals surface area contributed by atoms with Gasteiger partial charge < -0.3 is 5.73 Å². The largest absolute Gasteiger partial charge is 0.326 e. The smallest absolute Gasteiger partial charge is 0.153 e. The summed E-state index contributed by atoms with van der Waals surface area (Å²) in [6.45, 7) is 2.48. The molecule has 78 valence electrons. The van der Waals surface area contributed by atoms with Crippen molar-refractivity contribution in [1.82, 2.24) is 14.8 Å². The quantitative estimate of drug-likeness (QED) is 0.858. The minimum atomic E-state index is 0.524. The maximum atomic E-state index is 5.58.